The van der Waals surface area contributed by atoms with Crippen molar-refractivity contribution in [3.63, 3.8) is 0 Å². The molecule has 1 aromatic rings. The molecule has 7 nitrogen and oxygen atoms in total. The van der Waals surface area contributed by atoms with E-state index in [1.54, 1.807) is 7.11 Å². The Morgan fingerprint density at radius 2 is 1.79 bits per heavy atom. The zero-order valence-electron chi connectivity index (χ0n) is 14.8. The van der Waals surface area contributed by atoms with Crippen LogP contribution in [0.3, 0.4) is 0 Å². The molecule has 1 aromatic carbocycles. The first-order valence-electron chi connectivity index (χ1n) is 7.72. The Bertz CT molecular complexity index is 615. The molecule has 8 heteroatoms. The van der Waals surface area contributed by atoms with Gasteiger partial charge in [0.05, 0.1) is 19.9 Å². The van der Waals surface area contributed by atoms with Gasteiger partial charge in [-0.1, -0.05) is 12.1 Å². The Morgan fingerprint density at radius 3 is 2.29 bits per heavy atom. The van der Waals surface area contributed by atoms with Gasteiger partial charge in [0.25, 0.3) is 0 Å². The number of benzene rings is 1. The summed E-state index contributed by atoms with van der Waals surface area (Å²) in [5.74, 6) is 0.455. The molecule has 0 unspecified atom stereocenters. The van der Waals surface area contributed by atoms with Gasteiger partial charge in [0.1, 0.15) is 5.75 Å². The van der Waals surface area contributed by atoms with E-state index in [0.717, 1.165) is 17.6 Å². The van der Waals surface area contributed by atoms with Gasteiger partial charge in [-0.05, 0) is 38.2 Å². The molecule has 0 saturated carbocycles. The maximum Gasteiger partial charge on any atom is 0.235 e. The molecule has 0 aromatic heterocycles. The second-order valence-corrected chi connectivity index (χ2v) is 7.83. The van der Waals surface area contributed by atoms with Crippen LogP contribution < -0.4 is 10.1 Å². The number of hydrogen-bond acceptors (Lipinski definition) is 5. The monoisotopic (exact) mass is 357 g/mol. The number of amides is 1. The first-order valence-corrected chi connectivity index (χ1v) is 9.56. The standard InChI is InChI=1S/C16H27N3O4S/c1-18(2)12-10-17-16(20)13-19(24(4,21)22)11-9-14-5-7-15(23-3)8-6-14/h5-8H,9-13H2,1-4H3,(H,17,20). The Labute approximate surface area is 144 Å². The van der Waals surface area contributed by atoms with Crippen molar-refractivity contribution >= 4 is 15.9 Å². The van der Waals surface area contributed by atoms with E-state index in [-0.39, 0.29) is 19.0 Å². The van der Waals surface area contributed by atoms with Crippen molar-refractivity contribution in [1.82, 2.24) is 14.5 Å². The summed E-state index contributed by atoms with van der Waals surface area (Å²) >= 11 is 0. The van der Waals surface area contributed by atoms with Gasteiger partial charge in [-0.3, -0.25) is 4.79 Å². The Kier molecular flexibility index (Phi) is 8.17. The molecule has 0 aliphatic carbocycles. The van der Waals surface area contributed by atoms with Gasteiger partial charge >= 0.3 is 0 Å². The highest BCUT2D eigenvalue weighted by Gasteiger charge is 2.19. The number of carbonyl (C=O) groups is 1. The lowest BCUT2D eigenvalue weighted by atomic mass is 10.1. The molecule has 0 radical (unpaired) electrons. The van der Waals surface area contributed by atoms with Crippen LogP contribution in [0.1, 0.15) is 5.56 Å². The molecule has 1 amide bonds. The molecule has 136 valence electrons. The lowest BCUT2D eigenvalue weighted by Gasteiger charge is -2.20. The fourth-order valence-electron chi connectivity index (χ4n) is 2.04. The lowest BCUT2D eigenvalue weighted by Crippen LogP contribution is -2.42. The van der Waals surface area contributed by atoms with Crippen molar-refractivity contribution in [2.45, 2.75) is 6.42 Å². The predicted molar refractivity (Wildman–Crippen MR) is 94.7 cm³/mol. The maximum absolute atomic E-state index is 11.9. The fourth-order valence-corrected chi connectivity index (χ4v) is 2.82. The number of methoxy groups -OCH3 is 1. The highest BCUT2D eigenvalue weighted by Crippen LogP contribution is 2.12. The summed E-state index contributed by atoms with van der Waals surface area (Å²) in [4.78, 5) is 13.9. The lowest BCUT2D eigenvalue weighted by molar-refractivity contribution is -0.121. The van der Waals surface area contributed by atoms with Gasteiger partial charge in [-0.15, -0.1) is 0 Å². The number of likely N-dealkylation sites (N-methyl/N-ethyl adjacent to an activating group) is 1. The van der Waals surface area contributed by atoms with E-state index in [4.69, 9.17) is 4.74 Å². The molecule has 0 atom stereocenters. The number of rotatable bonds is 10. The van der Waals surface area contributed by atoms with Crippen LogP contribution in [0.25, 0.3) is 0 Å². The van der Waals surface area contributed by atoms with Crippen molar-refractivity contribution in [2.75, 3.05) is 53.6 Å². The first-order chi connectivity index (χ1) is 11.2. The van der Waals surface area contributed by atoms with Crippen LogP contribution in [0.15, 0.2) is 24.3 Å². The van der Waals surface area contributed by atoms with Crippen molar-refractivity contribution in [2.24, 2.45) is 0 Å². The molecule has 24 heavy (non-hydrogen) atoms. The Balaban J connectivity index is 2.57. The molecule has 0 fully saturated rings. The van der Waals surface area contributed by atoms with E-state index in [1.165, 1.54) is 4.31 Å². The van der Waals surface area contributed by atoms with Crippen LogP contribution in [0, 0.1) is 0 Å². The highest BCUT2D eigenvalue weighted by molar-refractivity contribution is 7.88. The minimum Gasteiger partial charge on any atom is -0.497 e. The third kappa shape index (κ3) is 7.76. The SMILES string of the molecule is COc1ccc(CCN(CC(=O)NCCN(C)C)S(C)(=O)=O)cc1. The predicted octanol–water partition coefficient (Wildman–Crippen LogP) is 0.177. The summed E-state index contributed by atoms with van der Waals surface area (Å²) in [6, 6.07) is 7.43. The summed E-state index contributed by atoms with van der Waals surface area (Å²) in [5.41, 5.74) is 0.984. The third-order valence-corrected chi connectivity index (χ3v) is 4.73. The number of hydrogen-bond donors (Lipinski definition) is 1. The summed E-state index contributed by atoms with van der Waals surface area (Å²) in [7, 11) is 1.96. The smallest absolute Gasteiger partial charge is 0.235 e. The van der Waals surface area contributed by atoms with E-state index >= 15 is 0 Å². The van der Waals surface area contributed by atoms with Gasteiger partial charge < -0.3 is 15.0 Å². The second-order valence-electron chi connectivity index (χ2n) is 5.85. The average Bonchev–Trinajstić information content (AvgIpc) is 2.50. The quantitative estimate of drug-likeness (QED) is 0.646. The number of ether oxygens (including phenoxy) is 1. The van der Waals surface area contributed by atoms with Gasteiger partial charge in [-0.2, -0.15) is 4.31 Å². The van der Waals surface area contributed by atoms with Crippen LogP contribution in [0.5, 0.6) is 5.75 Å². The molecule has 1 rings (SSSR count). The van der Waals surface area contributed by atoms with Crippen molar-refractivity contribution in [3.8, 4) is 5.75 Å². The highest BCUT2D eigenvalue weighted by atomic mass is 32.2. The summed E-state index contributed by atoms with van der Waals surface area (Å²) < 4.78 is 30.1. The minimum absolute atomic E-state index is 0.164. The molecule has 0 saturated heterocycles. The van der Waals surface area contributed by atoms with Crippen LogP contribution in [-0.2, 0) is 21.2 Å². The molecular formula is C16H27N3O4S. The molecule has 0 bridgehead atoms. The van der Waals surface area contributed by atoms with E-state index in [9.17, 15) is 13.2 Å². The van der Waals surface area contributed by atoms with E-state index in [1.807, 2.05) is 43.3 Å². The number of sulfonamides is 1. The molecule has 1 N–H and O–H groups in total. The number of nitrogens with zero attached hydrogens (tertiary/aromatic N) is 2. The van der Waals surface area contributed by atoms with E-state index in [0.29, 0.717) is 19.5 Å². The van der Waals surface area contributed by atoms with Crippen molar-refractivity contribution in [3.05, 3.63) is 29.8 Å². The van der Waals surface area contributed by atoms with Gasteiger partial charge in [0.15, 0.2) is 0 Å². The van der Waals surface area contributed by atoms with Gasteiger partial charge in [0, 0.05) is 19.6 Å². The molecule has 0 aliphatic heterocycles. The number of nitrogens with one attached hydrogen (secondary N) is 1. The largest absolute Gasteiger partial charge is 0.497 e. The summed E-state index contributed by atoms with van der Waals surface area (Å²) in [5, 5.41) is 2.73. The maximum atomic E-state index is 11.9. The van der Waals surface area contributed by atoms with E-state index < -0.39 is 10.0 Å². The van der Waals surface area contributed by atoms with Crippen LogP contribution >= 0.6 is 0 Å². The van der Waals surface area contributed by atoms with Gasteiger partial charge in [-0.25, -0.2) is 8.42 Å². The van der Waals surface area contributed by atoms with E-state index in [2.05, 4.69) is 5.32 Å². The minimum atomic E-state index is -3.45. The van der Waals surface area contributed by atoms with Crippen LogP contribution in [0.2, 0.25) is 0 Å². The Morgan fingerprint density at radius 1 is 1.17 bits per heavy atom. The molecule has 0 aliphatic rings. The second kappa shape index (κ2) is 9.61. The molecule has 0 heterocycles. The van der Waals surface area contributed by atoms with Crippen LogP contribution in [-0.4, -0.2) is 77.2 Å². The zero-order valence-corrected chi connectivity index (χ0v) is 15.6. The van der Waals surface area contributed by atoms with Crippen LogP contribution in [0.4, 0.5) is 0 Å². The Hall–Kier alpha value is -1.64. The van der Waals surface area contributed by atoms with Gasteiger partial charge in [0.2, 0.25) is 15.9 Å². The third-order valence-electron chi connectivity index (χ3n) is 3.48. The van der Waals surface area contributed by atoms with Crippen molar-refractivity contribution < 1.29 is 17.9 Å². The molecule has 0 spiro atoms. The normalized spacial score (nSPS) is 11.8. The zero-order chi connectivity index (χ0) is 18.2. The summed E-state index contributed by atoms with van der Waals surface area (Å²) in [6.07, 6.45) is 1.65. The summed E-state index contributed by atoms with van der Waals surface area (Å²) in [6.45, 7) is 1.28. The van der Waals surface area contributed by atoms with Crippen molar-refractivity contribution in [1.29, 1.82) is 0 Å². The average molecular weight is 357 g/mol. The molecular weight excluding hydrogens is 330 g/mol. The fraction of sp³-hybridized carbons (Fsp3) is 0.562. The topological polar surface area (TPSA) is 79.0 Å². The first kappa shape index (κ1) is 20.4. The number of carbonyl (C=O) groups excluding carboxylic acids is 1.